The molecule has 14 nitrogen and oxygen atoms in total. The zero-order chi connectivity index (χ0) is 43.9. The standard InChI is InChI=1S/C47H76N4O10/c1-13-29-15-14-16-37(61-40-18-17-35(50(8)9)26(3)57-40)25(2)42(53)34-22-32-31-21-30(60-46-45(56-12)44(55-11)43(54-10)27(4)58-46)19-28(31)20-36(41(32)33(34)23-39(52)59-29)51-24-38(48-49-51)47(5,6)7/h22,24-33,35-37,40-41,43-46H,13-21,23H2,1-12H3/t25-,26?,27?,28+,29+,30-,31-,32+,33-,35+,36-,37+,40+,41-,43+,44?,45+,46+/m1/s1. The van der Waals surface area contributed by atoms with E-state index in [-0.39, 0.29) is 108 Å². The van der Waals surface area contributed by atoms with Gasteiger partial charge >= 0.3 is 5.97 Å². The molecule has 5 fully saturated rings. The summed E-state index contributed by atoms with van der Waals surface area (Å²) in [5.74, 6) is -0.524. The van der Waals surface area contributed by atoms with Crippen molar-refractivity contribution in [2.24, 2.45) is 35.5 Å². The van der Waals surface area contributed by atoms with Gasteiger partial charge in [-0.3, -0.25) is 9.59 Å². The Hall–Kier alpha value is -2.30. The topological polar surface area (TPSA) is 142 Å². The molecule has 4 heterocycles. The molecule has 344 valence electrons. The number of ketones is 1. The highest BCUT2D eigenvalue weighted by Gasteiger charge is 2.57. The number of Topliss-reactive ketones (excluding diaryl/α,β-unsaturated/α-hetero) is 1. The lowest BCUT2D eigenvalue weighted by Gasteiger charge is -2.44. The normalized spacial score (nSPS) is 42.5. The first-order valence-electron chi connectivity index (χ1n) is 23.3. The molecular formula is C47H76N4O10. The van der Waals surface area contributed by atoms with Crippen molar-refractivity contribution in [1.29, 1.82) is 0 Å². The molecule has 0 aromatic carbocycles. The van der Waals surface area contributed by atoms with Gasteiger partial charge in [0.15, 0.2) is 18.4 Å². The van der Waals surface area contributed by atoms with Gasteiger partial charge in [0.1, 0.15) is 24.4 Å². The van der Waals surface area contributed by atoms with Crippen LogP contribution in [0, 0.1) is 35.5 Å². The molecule has 0 N–H and O–H groups in total. The molecule has 3 saturated heterocycles. The summed E-state index contributed by atoms with van der Waals surface area (Å²) in [6.45, 7) is 14.6. The average Bonchev–Trinajstić information content (AvgIpc) is 3.96. The maximum Gasteiger partial charge on any atom is 0.306 e. The number of hydrogen-bond acceptors (Lipinski definition) is 13. The van der Waals surface area contributed by atoms with Crippen LogP contribution in [-0.4, -0.2) is 135 Å². The quantitative estimate of drug-likeness (QED) is 0.238. The fourth-order valence-electron chi connectivity index (χ4n) is 12.1. The van der Waals surface area contributed by atoms with E-state index >= 15 is 4.79 Å². The Morgan fingerprint density at radius 1 is 0.885 bits per heavy atom. The maximum atomic E-state index is 15.2. The van der Waals surface area contributed by atoms with Crippen LogP contribution in [0.4, 0.5) is 0 Å². The number of cyclic esters (lactones) is 1. The summed E-state index contributed by atoms with van der Waals surface area (Å²) in [5, 5.41) is 9.46. The number of nitrogens with zero attached hydrogens (tertiary/aromatic N) is 4. The number of rotatable bonds is 10. The number of ether oxygens (including phenoxy) is 8. The Labute approximate surface area is 364 Å². The van der Waals surface area contributed by atoms with Gasteiger partial charge in [-0.2, -0.15) is 0 Å². The van der Waals surface area contributed by atoms with Gasteiger partial charge in [0.05, 0.1) is 42.6 Å². The zero-order valence-electron chi connectivity index (χ0n) is 39.0. The van der Waals surface area contributed by atoms with Crippen molar-refractivity contribution < 1.29 is 47.5 Å². The summed E-state index contributed by atoms with van der Waals surface area (Å²) in [4.78, 5) is 31.5. The van der Waals surface area contributed by atoms with Crippen molar-refractivity contribution in [3.8, 4) is 0 Å². The third kappa shape index (κ3) is 9.72. The summed E-state index contributed by atoms with van der Waals surface area (Å²) in [6, 6.07) is 0.222. The highest BCUT2D eigenvalue weighted by Crippen LogP contribution is 2.60. The van der Waals surface area contributed by atoms with Crippen molar-refractivity contribution in [2.45, 2.75) is 192 Å². The number of hydrogen-bond donors (Lipinski definition) is 0. The van der Waals surface area contributed by atoms with Crippen LogP contribution in [0.3, 0.4) is 0 Å². The maximum absolute atomic E-state index is 15.2. The average molecular weight is 857 g/mol. The van der Waals surface area contributed by atoms with Gasteiger partial charge in [-0.05, 0) is 115 Å². The predicted octanol–water partition coefficient (Wildman–Crippen LogP) is 6.45. The number of aromatic nitrogens is 3. The second-order valence-electron chi connectivity index (χ2n) is 20.3. The second kappa shape index (κ2) is 19.4. The number of fused-ring (bicyclic) bond motifs is 5. The molecule has 7 rings (SSSR count). The van der Waals surface area contributed by atoms with Gasteiger partial charge in [0, 0.05) is 50.8 Å². The first-order chi connectivity index (χ1) is 29.1. The molecule has 1 aromatic rings. The van der Waals surface area contributed by atoms with Gasteiger partial charge in [-0.25, -0.2) is 4.68 Å². The minimum Gasteiger partial charge on any atom is -0.462 e. The lowest BCUT2D eigenvalue weighted by molar-refractivity contribution is -0.314. The first-order valence-corrected chi connectivity index (χ1v) is 23.3. The van der Waals surface area contributed by atoms with Crippen LogP contribution in [-0.2, 0) is 52.9 Å². The van der Waals surface area contributed by atoms with Crippen LogP contribution in [0.15, 0.2) is 17.8 Å². The molecule has 6 aliphatic rings. The fraction of sp³-hybridized carbons (Fsp3) is 0.872. The van der Waals surface area contributed by atoms with E-state index in [0.29, 0.717) is 12.5 Å². The molecule has 3 aliphatic heterocycles. The van der Waals surface area contributed by atoms with Gasteiger partial charge in [-0.15, -0.1) is 5.10 Å². The smallest absolute Gasteiger partial charge is 0.306 e. The van der Waals surface area contributed by atoms with Crippen LogP contribution in [0.2, 0.25) is 0 Å². The van der Waals surface area contributed by atoms with E-state index in [1.807, 2.05) is 18.5 Å². The second-order valence-corrected chi connectivity index (χ2v) is 20.3. The van der Waals surface area contributed by atoms with Crippen LogP contribution in [0.5, 0.6) is 0 Å². The largest absolute Gasteiger partial charge is 0.462 e. The molecule has 0 radical (unpaired) electrons. The fourth-order valence-corrected chi connectivity index (χ4v) is 12.1. The molecule has 14 heteroatoms. The summed E-state index contributed by atoms with van der Waals surface area (Å²) in [5.41, 5.74) is 1.44. The van der Waals surface area contributed by atoms with E-state index in [0.717, 1.165) is 62.6 Å². The first kappa shape index (κ1) is 46.7. The van der Waals surface area contributed by atoms with Crippen LogP contribution >= 0.6 is 0 Å². The van der Waals surface area contributed by atoms with Crippen LogP contribution in [0.1, 0.15) is 124 Å². The third-order valence-electron chi connectivity index (χ3n) is 15.4. The summed E-state index contributed by atoms with van der Waals surface area (Å²) in [6.07, 6.45) is 8.50. The Morgan fingerprint density at radius 3 is 2.26 bits per heavy atom. The van der Waals surface area contributed by atoms with Crippen LogP contribution in [0.25, 0.3) is 0 Å². The number of allylic oxidation sites excluding steroid dienone is 2. The molecular weight excluding hydrogens is 781 g/mol. The van der Waals surface area contributed by atoms with Crippen molar-refractivity contribution in [3.63, 3.8) is 0 Å². The van der Waals surface area contributed by atoms with Crippen molar-refractivity contribution in [1.82, 2.24) is 19.9 Å². The van der Waals surface area contributed by atoms with Crippen molar-refractivity contribution >= 4 is 11.8 Å². The molecule has 1 aromatic heterocycles. The number of carbonyl (C=O) groups excluding carboxylic acids is 2. The summed E-state index contributed by atoms with van der Waals surface area (Å²) < 4.78 is 52.5. The Bertz CT molecular complexity index is 1680. The van der Waals surface area contributed by atoms with E-state index in [9.17, 15) is 4.79 Å². The van der Waals surface area contributed by atoms with E-state index in [2.05, 4.69) is 71.0 Å². The molecule has 0 spiro atoms. The highest BCUT2D eigenvalue weighted by atomic mass is 16.7. The van der Waals surface area contributed by atoms with Crippen molar-refractivity contribution in [2.75, 3.05) is 35.4 Å². The summed E-state index contributed by atoms with van der Waals surface area (Å²) >= 11 is 0. The molecule has 2 saturated carbocycles. The van der Waals surface area contributed by atoms with E-state index in [4.69, 9.17) is 43.1 Å². The monoisotopic (exact) mass is 857 g/mol. The number of esters is 1. The lowest BCUT2D eigenvalue weighted by atomic mass is 9.63. The number of carbonyl (C=O) groups is 2. The molecule has 18 atom stereocenters. The van der Waals surface area contributed by atoms with Crippen LogP contribution < -0.4 is 0 Å². The van der Waals surface area contributed by atoms with E-state index < -0.39 is 18.3 Å². The molecule has 61 heavy (non-hydrogen) atoms. The lowest BCUT2D eigenvalue weighted by Crippen LogP contribution is -2.59. The highest BCUT2D eigenvalue weighted by molar-refractivity contribution is 5.99. The molecule has 3 unspecified atom stereocenters. The zero-order valence-corrected chi connectivity index (χ0v) is 39.0. The minimum absolute atomic E-state index is 0.00886. The van der Waals surface area contributed by atoms with Crippen molar-refractivity contribution in [3.05, 3.63) is 23.5 Å². The Kier molecular flexibility index (Phi) is 14.9. The predicted molar refractivity (Wildman–Crippen MR) is 227 cm³/mol. The van der Waals surface area contributed by atoms with Gasteiger partial charge in [0.2, 0.25) is 0 Å². The van der Waals surface area contributed by atoms with Gasteiger partial charge in [-0.1, -0.05) is 45.9 Å². The number of methoxy groups -OCH3 is 3. The third-order valence-corrected chi connectivity index (χ3v) is 15.4. The van der Waals surface area contributed by atoms with E-state index in [1.54, 1.807) is 21.3 Å². The number of likely N-dealkylation sites (N-methyl/N-ethyl adjacent to an activating group) is 1. The van der Waals surface area contributed by atoms with Gasteiger partial charge in [0.25, 0.3) is 0 Å². The van der Waals surface area contributed by atoms with E-state index in [1.165, 1.54) is 0 Å². The molecule has 0 amide bonds. The minimum atomic E-state index is -0.639. The van der Waals surface area contributed by atoms with Gasteiger partial charge < -0.3 is 42.8 Å². The molecule has 3 aliphatic carbocycles. The Balaban J connectivity index is 1.21. The molecule has 0 bridgehead atoms. The summed E-state index contributed by atoms with van der Waals surface area (Å²) in [7, 11) is 9.17. The SMILES string of the molecule is CC[C@H]1CCC[C@H](O[C@H]2CC[C@H](N(C)C)C(C)O2)[C@@H](C)C(=O)C2=C[C@H]3[C@@H]4C[C@H](O[C@@H]5OC(C)[C@H](OC)C(OC)[C@@H]5OC)C[C@H]4C[C@@H](n4cc(C(C)(C)C)nn4)[C@H]3[C@@H]2CC(=O)O1. The Morgan fingerprint density at radius 2 is 1.62 bits per heavy atom.